The zero-order valence-electron chi connectivity index (χ0n) is 13.6. The van der Waals surface area contributed by atoms with Gasteiger partial charge in [0.05, 0.1) is 6.10 Å². The molecule has 1 heterocycles. The van der Waals surface area contributed by atoms with Crippen molar-refractivity contribution in [3.8, 4) is 0 Å². The molecule has 3 nitrogen and oxygen atoms in total. The van der Waals surface area contributed by atoms with Crippen molar-refractivity contribution in [2.24, 2.45) is 5.73 Å². The van der Waals surface area contributed by atoms with Crippen LogP contribution in [-0.4, -0.2) is 29.8 Å². The van der Waals surface area contributed by atoms with E-state index in [1.165, 1.54) is 44.9 Å². The highest BCUT2D eigenvalue weighted by molar-refractivity contribution is 5.02. The van der Waals surface area contributed by atoms with Crippen LogP contribution in [0.1, 0.15) is 64.7 Å². The van der Waals surface area contributed by atoms with Crippen molar-refractivity contribution in [3.05, 3.63) is 24.3 Å². The molecule has 0 amide bonds. The van der Waals surface area contributed by atoms with Crippen LogP contribution in [0.2, 0.25) is 0 Å². The Balaban J connectivity index is 1.93. The first kappa shape index (κ1) is 18.4. The molecule has 1 aliphatic rings. The summed E-state index contributed by atoms with van der Waals surface area (Å²) in [6, 6.07) is 0.369. The van der Waals surface area contributed by atoms with Gasteiger partial charge in [-0.3, -0.25) is 0 Å². The van der Waals surface area contributed by atoms with Crippen LogP contribution in [0.4, 0.5) is 0 Å². The molecule has 21 heavy (non-hydrogen) atoms. The third kappa shape index (κ3) is 9.07. The van der Waals surface area contributed by atoms with Crippen molar-refractivity contribution in [2.45, 2.75) is 82.9 Å². The van der Waals surface area contributed by atoms with Crippen molar-refractivity contribution >= 4 is 0 Å². The maximum Gasteiger partial charge on any atom is 0.0718 e. The molecule has 0 aromatic carbocycles. The lowest BCUT2D eigenvalue weighted by atomic mass is 9.94. The fourth-order valence-corrected chi connectivity index (χ4v) is 2.71. The fourth-order valence-electron chi connectivity index (χ4n) is 2.71. The largest absolute Gasteiger partial charge is 0.391 e. The predicted octanol–water partition coefficient (Wildman–Crippen LogP) is 3.29. The van der Waals surface area contributed by atoms with Gasteiger partial charge in [-0.2, -0.15) is 0 Å². The zero-order valence-corrected chi connectivity index (χ0v) is 13.6. The molecule has 0 unspecified atom stereocenters. The van der Waals surface area contributed by atoms with Gasteiger partial charge in [0, 0.05) is 18.6 Å². The minimum Gasteiger partial charge on any atom is -0.391 e. The summed E-state index contributed by atoms with van der Waals surface area (Å²) < 4.78 is 0. The second kappa shape index (κ2) is 12.0. The number of nitrogens with two attached hydrogens (primary N) is 1. The SMILES string of the molecule is CCCC/C=C\C=C\CCCCC[C@@H]1C[C@@H](O)[C@@H](N)CN1. The Hall–Kier alpha value is -0.640. The van der Waals surface area contributed by atoms with Crippen LogP contribution in [0.5, 0.6) is 0 Å². The number of hydrogen-bond donors (Lipinski definition) is 3. The number of unbranched alkanes of at least 4 members (excludes halogenated alkanes) is 5. The van der Waals surface area contributed by atoms with E-state index in [-0.39, 0.29) is 12.1 Å². The van der Waals surface area contributed by atoms with E-state index < -0.39 is 0 Å². The summed E-state index contributed by atoms with van der Waals surface area (Å²) in [7, 11) is 0. The molecule has 0 radical (unpaired) electrons. The Morgan fingerprint density at radius 1 is 1.10 bits per heavy atom. The van der Waals surface area contributed by atoms with E-state index in [0.717, 1.165) is 19.4 Å². The Kier molecular flexibility index (Phi) is 10.5. The maximum atomic E-state index is 9.74. The average Bonchev–Trinajstić information content (AvgIpc) is 2.48. The lowest BCUT2D eigenvalue weighted by molar-refractivity contribution is 0.0936. The minimum atomic E-state index is -0.321. The third-order valence-corrected chi connectivity index (χ3v) is 4.19. The van der Waals surface area contributed by atoms with Gasteiger partial charge in [0.1, 0.15) is 0 Å². The van der Waals surface area contributed by atoms with E-state index in [1.807, 2.05) is 0 Å². The van der Waals surface area contributed by atoms with Crippen LogP contribution in [0, 0.1) is 0 Å². The number of hydrogen-bond acceptors (Lipinski definition) is 3. The third-order valence-electron chi connectivity index (χ3n) is 4.19. The molecule has 1 fully saturated rings. The average molecular weight is 294 g/mol. The first-order valence-electron chi connectivity index (χ1n) is 8.72. The van der Waals surface area contributed by atoms with E-state index in [0.29, 0.717) is 6.04 Å². The summed E-state index contributed by atoms with van der Waals surface area (Å²) in [4.78, 5) is 0. The first-order valence-corrected chi connectivity index (χ1v) is 8.72. The molecule has 4 N–H and O–H groups in total. The first-order chi connectivity index (χ1) is 10.2. The molecule has 0 saturated carbocycles. The summed E-state index contributed by atoms with van der Waals surface area (Å²) in [5.41, 5.74) is 5.78. The van der Waals surface area contributed by atoms with Crippen LogP contribution < -0.4 is 11.1 Å². The minimum absolute atomic E-state index is 0.0863. The van der Waals surface area contributed by atoms with Gasteiger partial charge >= 0.3 is 0 Å². The smallest absolute Gasteiger partial charge is 0.0718 e. The summed E-state index contributed by atoms with van der Waals surface area (Å²) in [5, 5.41) is 13.2. The number of nitrogens with one attached hydrogen (secondary N) is 1. The molecule has 1 aliphatic heterocycles. The topological polar surface area (TPSA) is 58.3 Å². The Morgan fingerprint density at radius 2 is 1.81 bits per heavy atom. The highest BCUT2D eigenvalue weighted by Crippen LogP contribution is 2.14. The van der Waals surface area contributed by atoms with Crippen molar-refractivity contribution in [3.63, 3.8) is 0 Å². The highest BCUT2D eigenvalue weighted by Gasteiger charge is 2.25. The van der Waals surface area contributed by atoms with Gasteiger partial charge in [0.2, 0.25) is 0 Å². The van der Waals surface area contributed by atoms with E-state index in [2.05, 4.69) is 36.5 Å². The van der Waals surface area contributed by atoms with Crippen LogP contribution >= 0.6 is 0 Å². The second-order valence-corrected chi connectivity index (χ2v) is 6.21. The number of aliphatic hydroxyl groups excluding tert-OH is 1. The summed E-state index contributed by atoms with van der Waals surface area (Å²) in [6.07, 6.45) is 19.2. The molecule has 3 heteroatoms. The predicted molar refractivity (Wildman–Crippen MR) is 91.3 cm³/mol. The molecule has 1 saturated heterocycles. The van der Waals surface area contributed by atoms with Gasteiger partial charge in [-0.05, 0) is 32.1 Å². The molecule has 0 bridgehead atoms. The van der Waals surface area contributed by atoms with Crippen LogP contribution in [0.25, 0.3) is 0 Å². The summed E-state index contributed by atoms with van der Waals surface area (Å²) in [6.45, 7) is 2.97. The van der Waals surface area contributed by atoms with Gasteiger partial charge in [-0.1, -0.05) is 56.9 Å². The molecule has 0 spiro atoms. The Bertz CT molecular complexity index is 302. The maximum absolute atomic E-state index is 9.74. The molecule has 122 valence electrons. The van der Waals surface area contributed by atoms with Gasteiger partial charge in [0.25, 0.3) is 0 Å². The molecular formula is C18H34N2O. The quantitative estimate of drug-likeness (QED) is 0.428. The van der Waals surface area contributed by atoms with Crippen LogP contribution in [0.15, 0.2) is 24.3 Å². The summed E-state index contributed by atoms with van der Waals surface area (Å²) >= 11 is 0. The van der Waals surface area contributed by atoms with E-state index in [4.69, 9.17) is 5.73 Å². The van der Waals surface area contributed by atoms with Crippen molar-refractivity contribution in [1.82, 2.24) is 5.32 Å². The number of piperidine rings is 1. The highest BCUT2D eigenvalue weighted by atomic mass is 16.3. The normalized spacial score (nSPS) is 26.9. The number of aliphatic hydroxyl groups is 1. The molecule has 0 aromatic rings. The molecular weight excluding hydrogens is 260 g/mol. The summed E-state index contributed by atoms with van der Waals surface area (Å²) in [5.74, 6) is 0. The van der Waals surface area contributed by atoms with Crippen molar-refractivity contribution in [2.75, 3.05) is 6.54 Å². The number of rotatable bonds is 10. The zero-order chi connectivity index (χ0) is 15.3. The van der Waals surface area contributed by atoms with Gasteiger partial charge in [-0.25, -0.2) is 0 Å². The van der Waals surface area contributed by atoms with Crippen LogP contribution in [0.3, 0.4) is 0 Å². The molecule has 3 atom stereocenters. The van der Waals surface area contributed by atoms with Crippen molar-refractivity contribution < 1.29 is 5.11 Å². The molecule has 1 rings (SSSR count). The standard InChI is InChI=1S/C18H34N2O/c1-2-3-4-5-6-7-8-9-10-11-12-13-16-14-18(21)17(19)15-20-16/h5-8,16-18,20-21H,2-4,9-15,19H2,1H3/b6-5-,8-7+/t16-,17+,18-/m1/s1. The van der Waals surface area contributed by atoms with E-state index in [9.17, 15) is 5.11 Å². The lowest BCUT2D eigenvalue weighted by Gasteiger charge is -2.32. The molecule has 0 aliphatic carbocycles. The Labute approximate surface area is 130 Å². The van der Waals surface area contributed by atoms with Gasteiger partial charge in [-0.15, -0.1) is 0 Å². The van der Waals surface area contributed by atoms with E-state index in [1.54, 1.807) is 0 Å². The fraction of sp³-hybridized carbons (Fsp3) is 0.778. The van der Waals surface area contributed by atoms with Gasteiger partial charge < -0.3 is 16.2 Å². The van der Waals surface area contributed by atoms with Crippen molar-refractivity contribution in [1.29, 1.82) is 0 Å². The monoisotopic (exact) mass is 294 g/mol. The molecule has 0 aromatic heterocycles. The van der Waals surface area contributed by atoms with E-state index >= 15 is 0 Å². The van der Waals surface area contributed by atoms with Crippen LogP contribution in [-0.2, 0) is 0 Å². The number of allylic oxidation sites excluding steroid dienone is 4. The second-order valence-electron chi connectivity index (χ2n) is 6.21. The lowest BCUT2D eigenvalue weighted by Crippen LogP contribution is -2.53. The Morgan fingerprint density at radius 3 is 2.48 bits per heavy atom. The van der Waals surface area contributed by atoms with Gasteiger partial charge in [0.15, 0.2) is 0 Å².